The summed E-state index contributed by atoms with van der Waals surface area (Å²) in [5.74, 6) is 1.14. The van der Waals surface area contributed by atoms with E-state index in [-0.39, 0.29) is 11.8 Å². The number of halogens is 1. The molecule has 4 aromatic rings. The van der Waals surface area contributed by atoms with E-state index in [1.807, 2.05) is 30.3 Å². The van der Waals surface area contributed by atoms with Gasteiger partial charge in [-0.2, -0.15) is 4.98 Å². The highest BCUT2D eigenvalue weighted by atomic mass is 35.5. The molecule has 0 spiro atoms. The minimum atomic E-state index is -0.387. The Labute approximate surface area is 183 Å². The summed E-state index contributed by atoms with van der Waals surface area (Å²) in [4.78, 5) is 17.4. The van der Waals surface area contributed by atoms with E-state index in [2.05, 4.69) is 15.5 Å². The molecule has 0 aliphatic heterocycles. The van der Waals surface area contributed by atoms with E-state index in [1.165, 1.54) is 14.2 Å². The number of carbonyl (C=O) groups excluding carboxylic acids is 1. The van der Waals surface area contributed by atoms with Crippen LogP contribution in [-0.2, 0) is 0 Å². The molecule has 31 heavy (non-hydrogen) atoms. The van der Waals surface area contributed by atoms with E-state index in [4.69, 9.17) is 25.6 Å². The van der Waals surface area contributed by atoms with Crippen LogP contribution < -0.4 is 14.8 Å². The fourth-order valence-electron chi connectivity index (χ4n) is 3.03. The number of carbonyl (C=O) groups is 1. The number of nitrogens with one attached hydrogen (secondary N) is 1. The zero-order valence-electron chi connectivity index (χ0n) is 16.8. The van der Waals surface area contributed by atoms with Crippen LogP contribution in [0.15, 0.2) is 71.3 Å². The van der Waals surface area contributed by atoms with Crippen LogP contribution >= 0.6 is 11.6 Å². The molecule has 0 unspecified atom stereocenters. The van der Waals surface area contributed by atoms with Crippen molar-refractivity contribution in [1.29, 1.82) is 0 Å². The first kappa shape index (κ1) is 20.4. The van der Waals surface area contributed by atoms with Crippen molar-refractivity contribution in [3.8, 4) is 34.3 Å². The highest BCUT2D eigenvalue weighted by molar-refractivity contribution is 6.34. The van der Waals surface area contributed by atoms with E-state index in [1.54, 1.807) is 36.4 Å². The molecule has 1 heterocycles. The van der Waals surface area contributed by atoms with Crippen LogP contribution in [0.4, 0.5) is 5.69 Å². The molecule has 0 radical (unpaired) electrons. The minimum Gasteiger partial charge on any atom is -0.493 e. The molecule has 7 nitrogen and oxygen atoms in total. The lowest BCUT2D eigenvalue weighted by Crippen LogP contribution is -2.13. The van der Waals surface area contributed by atoms with E-state index < -0.39 is 0 Å². The van der Waals surface area contributed by atoms with Crippen molar-refractivity contribution in [3.05, 3.63) is 77.3 Å². The van der Waals surface area contributed by atoms with Crippen LogP contribution in [0.3, 0.4) is 0 Å². The lowest BCUT2D eigenvalue weighted by Gasteiger charge is -2.14. The number of ether oxygens (including phenoxy) is 2. The summed E-state index contributed by atoms with van der Waals surface area (Å²) < 4.78 is 16.3. The molecule has 0 saturated heterocycles. The van der Waals surface area contributed by atoms with Gasteiger partial charge >= 0.3 is 0 Å². The first-order valence-electron chi connectivity index (χ1n) is 9.32. The molecule has 1 aromatic heterocycles. The Kier molecular flexibility index (Phi) is 5.86. The van der Waals surface area contributed by atoms with Gasteiger partial charge in [-0.1, -0.05) is 59.2 Å². The fourth-order valence-corrected chi connectivity index (χ4v) is 3.25. The number of amides is 1. The van der Waals surface area contributed by atoms with Crippen molar-refractivity contribution >= 4 is 23.2 Å². The smallest absolute Gasteiger partial charge is 0.260 e. The summed E-state index contributed by atoms with van der Waals surface area (Å²) in [6, 6.07) is 19.5. The van der Waals surface area contributed by atoms with Gasteiger partial charge in [0.15, 0.2) is 11.5 Å². The lowest BCUT2D eigenvalue weighted by atomic mass is 10.1. The van der Waals surface area contributed by atoms with Crippen LogP contribution in [0.25, 0.3) is 22.8 Å². The van der Waals surface area contributed by atoms with Gasteiger partial charge in [-0.15, -0.1) is 0 Å². The molecule has 8 heteroatoms. The standard InChI is InChI=1S/C23H18ClN3O4/c1-29-19-12-16(23-26-21(27-31-23)14-8-4-3-5-9-14)18(13-20(19)30-2)25-22(28)15-10-6-7-11-17(15)24/h3-13H,1-2H3,(H,25,28). The molecule has 156 valence electrons. The molecule has 0 fully saturated rings. The van der Waals surface area contributed by atoms with Gasteiger partial charge in [-0.25, -0.2) is 0 Å². The SMILES string of the molecule is COc1cc(NC(=O)c2ccccc2Cl)c(-c2nc(-c3ccccc3)no2)cc1OC. The normalized spacial score (nSPS) is 10.5. The van der Waals surface area contributed by atoms with Crippen LogP contribution in [0.1, 0.15) is 10.4 Å². The van der Waals surface area contributed by atoms with Crippen molar-refractivity contribution in [2.45, 2.75) is 0 Å². The molecular formula is C23H18ClN3O4. The van der Waals surface area contributed by atoms with Crippen molar-refractivity contribution in [2.24, 2.45) is 0 Å². The Bertz CT molecular complexity index is 1220. The highest BCUT2D eigenvalue weighted by Crippen LogP contribution is 2.39. The van der Waals surface area contributed by atoms with Crippen molar-refractivity contribution in [2.75, 3.05) is 19.5 Å². The second-order valence-electron chi connectivity index (χ2n) is 6.48. The topological polar surface area (TPSA) is 86.5 Å². The van der Waals surface area contributed by atoms with Crippen LogP contribution in [0, 0.1) is 0 Å². The molecule has 0 bridgehead atoms. The Morgan fingerprint density at radius 3 is 2.35 bits per heavy atom. The van der Waals surface area contributed by atoms with Gasteiger partial charge < -0.3 is 19.3 Å². The third kappa shape index (κ3) is 4.22. The van der Waals surface area contributed by atoms with E-state index in [0.29, 0.717) is 39.2 Å². The average Bonchev–Trinajstić information content (AvgIpc) is 3.29. The lowest BCUT2D eigenvalue weighted by molar-refractivity contribution is 0.102. The van der Waals surface area contributed by atoms with Gasteiger partial charge in [0, 0.05) is 11.6 Å². The predicted octanol–water partition coefficient (Wildman–Crippen LogP) is 5.33. The van der Waals surface area contributed by atoms with Gasteiger partial charge in [0.2, 0.25) is 5.82 Å². The average molecular weight is 436 g/mol. The van der Waals surface area contributed by atoms with E-state index >= 15 is 0 Å². The third-order valence-corrected chi connectivity index (χ3v) is 4.91. The highest BCUT2D eigenvalue weighted by Gasteiger charge is 2.21. The number of anilines is 1. The fraction of sp³-hybridized carbons (Fsp3) is 0.0870. The molecule has 0 atom stereocenters. The Balaban J connectivity index is 1.77. The largest absolute Gasteiger partial charge is 0.493 e. The number of benzene rings is 3. The maximum absolute atomic E-state index is 12.9. The first-order chi connectivity index (χ1) is 15.1. The summed E-state index contributed by atoms with van der Waals surface area (Å²) in [7, 11) is 3.03. The van der Waals surface area contributed by atoms with Crippen molar-refractivity contribution in [1.82, 2.24) is 10.1 Å². The van der Waals surface area contributed by atoms with Crippen molar-refractivity contribution < 1.29 is 18.8 Å². The number of hydrogen-bond donors (Lipinski definition) is 1. The zero-order valence-corrected chi connectivity index (χ0v) is 17.5. The number of nitrogens with zero attached hydrogens (tertiary/aromatic N) is 2. The summed E-state index contributed by atoms with van der Waals surface area (Å²) in [6.07, 6.45) is 0. The minimum absolute atomic E-state index is 0.217. The zero-order chi connectivity index (χ0) is 21.8. The first-order valence-corrected chi connectivity index (χ1v) is 9.70. The number of aromatic nitrogens is 2. The molecule has 3 aromatic carbocycles. The van der Waals surface area contributed by atoms with Gasteiger partial charge in [-0.05, 0) is 18.2 Å². The van der Waals surface area contributed by atoms with Crippen LogP contribution in [0.5, 0.6) is 11.5 Å². The summed E-state index contributed by atoms with van der Waals surface area (Å²) in [5, 5.41) is 7.25. The number of rotatable bonds is 6. The maximum atomic E-state index is 12.9. The predicted molar refractivity (Wildman–Crippen MR) is 118 cm³/mol. The van der Waals surface area contributed by atoms with Gasteiger partial charge in [0.05, 0.1) is 36.1 Å². The Hall–Kier alpha value is -3.84. The van der Waals surface area contributed by atoms with Crippen LogP contribution in [0.2, 0.25) is 5.02 Å². The van der Waals surface area contributed by atoms with Crippen molar-refractivity contribution in [3.63, 3.8) is 0 Å². The summed E-state index contributed by atoms with van der Waals surface area (Å²) >= 11 is 6.17. The van der Waals surface area contributed by atoms with Crippen LogP contribution in [-0.4, -0.2) is 30.3 Å². The number of methoxy groups -OCH3 is 2. The van der Waals surface area contributed by atoms with Gasteiger partial charge in [0.25, 0.3) is 11.8 Å². The molecule has 0 aliphatic carbocycles. The third-order valence-electron chi connectivity index (χ3n) is 4.58. The molecule has 0 aliphatic rings. The summed E-state index contributed by atoms with van der Waals surface area (Å²) in [6.45, 7) is 0. The second-order valence-corrected chi connectivity index (χ2v) is 6.88. The summed E-state index contributed by atoms with van der Waals surface area (Å²) in [5.41, 5.74) is 2.03. The van der Waals surface area contributed by atoms with E-state index in [9.17, 15) is 4.79 Å². The molecular weight excluding hydrogens is 418 g/mol. The molecule has 1 amide bonds. The number of hydrogen-bond acceptors (Lipinski definition) is 6. The Morgan fingerprint density at radius 2 is 1.65 bits per heavy atom. The second kappa shape index (κ2) is 8.89. The molecule has 4 rings (SSSR count). The molecule has 1 N–H and O–H groups in total. The maximum Gasteiger partial charge on any atom is 0.260 e. The van der Waals surface area contributed by atoms with E-state index in [0.717, 1.165) is 5.56 Å². The van der Waals surface area contributed by atoms with Gasteiger partial charge in [-0.3, -0.25) is 4.79 Å². The quantitative estimate of drug-likeness (QED) is 0.440. The molecule has 0 saturated carbocycles. The Morgan fingerprint density at radius 1 is 0.968 bits per heavy atom. The monoisotopic (exact) mass is 435 g/mol. The van der Waals surface area contributed by atoms with Gasteiger partial charge in [0.1, 0.15) is 0 Å².